The first-order valence-corrected chi connectivity index (χ1v) is 7.67. The summed E-state index contributed by atoms with van der Waals surface area (Å²) in [5, 5.41) is 10.9. The number of nitrogens with zero attached hydrogens (tertiary/aromatic N) is 1. The molecule has 0 spiro atoms. The predicted molar refractivity (Wildman–Crippen MR) is 108 cm³/mol. The average Bonchev–Trinajstić information content (AvgIpc) is 2.41. The number of nitrogens with one attached hydrogen (secondary N) is 3. The Bertz CT molecular complexity index is 454. The minimum Gasteiger partial charge on any atom is -0.355 e. The molecular formula is C16H28ClIN4. The van der Waals surface area contributed by atoms with Crippen molar-refractivity contribution in [3.8, 4) is 0 Å². The topological polar surface area (TPSA) is 48.5 Å². The lowest BCUT2D eigenvalue weighted by atomic mass is 10.1. The summed E-state index contributed by atoms with van der Waals surface area (Å²) in [4.78, 5) is 4.25. The number of aliphatic imine (C=N–C) groups is 1. The summed E-state index contributed by atoms with van der Waals surface area (Å²) >= 11 is 5.91. The van der Waals surface area contributed by atoms with Gasteiger partial charge in [0.1, 0.15) is 0 Å². The molecule has 0 aliphatic carbocycles. The summed E-state index contributed by atoms with van der Waals surface area (Å²) in [6, 6.07) is 8.02. The molecule has 1 unspecified atom stereocenters. The third-order valence-electron chi connectivity index (χ3n) is 3.02. The Labute approximate surface area is 156 Å². The largest absolute Gasteiger partial charge is 0.355 e. The van der Waals surface area contributed by atoms with Crippen LogP contribution in [0.1, 0.15) is 39.3 Å². The number of rotatable bonds is 5. The summed E-state index contributed by atoms with van der Waals surface area (Å²) < 4.78 is 0. The van der Waals surface area contributed by atoms with Gasteiger partial charge in [-0.15, -0.1) is 24.0 Å². The molecule has 4 nitrogen and oxygen atoms in total. The van der Waals surface area contributed by atoms with Crippen LogP contribution < -0.4 is 16.0 Å². The number of hydrogen-bond acceptors (Lipinski definition) is 2. The summed E-state index contributed by atoms with van der Waals surface area (Å²) in [5.74, 6) is 0.799. The molecule has 0 saturated heterocycles. The summed E-state index contributed by atoms with van der Waals surface area (Å²) in [5.41, 5.74) is 1.31. The maximum atomic E-state index is 5.91. The molecule has 1 aromatic carbocycles. The van der Waals surface area contributed by atoms with Crippen molar-refractivity contribution < 1.29 is 0 Å². The van der Waals surface area contributed by atoms with Crippen LogP contribution in [0.15, 0.2) is 29.3 Å². The number of hydrogen-bond donors (Lipinski definition) is 3. The molecule has 6 heteroatoms. The first-order chi connectivity index (χ1) is 9.81. The highest BCUT2D eigenvalue weighted by atomic mass is 127. The molecule has 1 aromatic rings. The monoisotopic (exact) mass is 438 g/mol. The standard InChI is InChI=1S/C16H27ClN4.HI/c1-12(13-6-8-14(17)9-7-13)21-15(18-5)19-10-11-20-16(2,3)4;/h6-9,12,20H,10-11H2,1-5H3,(H2,18,19,21);1H. The summed E-state index contributed by atoms with van der Waals surface area (Å²) in [6.45, 7) is 10.3. The third kappa shape index (κ3) is 8.80. The van der Waals surface area contributed by atoms with Gasteiger partial charge < -0.3 is 16.0 Å². The van der Waals surface area contributed by atoms with Gasteiger partial charge in [-0.1, -0.05) is 23.7 Å². The number of halogens is 2. The molecule has 0 heterocycles. The molecular weight excluding hydrogens is 411 g/mol. The SMILES string of the molecule is CN=C(NCCNC(C)(C)C)NC(C)c1ccc(Cl)cc1.I. The fraction of sp³-hybridized carbons (Fsp3) is 0.562. The molecule has 0 aromatic heterocycles. The van der Waals surface area contributed by atoms with Crippen molar-refractivity contribution in [3.63, 3.8) is 0 Å². The minimum atomic E-state index is 0. The maximum absolute atomic E-state index is 5.91. The molecule has 0 radical (unpaired) electrons. The van der Waals surface area contributed by atoms with Crippen molar-refractivity contribution in [1.29, 1.82) is 0 Å². The van der Waals surface area contributed by atoms with Gasteiger partial charge in [0.2, 0.25) is 0 Å². The van der Waals surface area contributed by atoms with Gasteiger partial charge in [-0.25, -0.2) is 0 Å². The average molecular weight is 439 g/mol. The highest BCUT2D eigenvalue weighted by molar-refractivity contribution is 14.0. The Kier molecular flexibility index (Phi) is 10.0. The molecule has 126 valence electrons. The van der Waals surface area contributed by atoms with Crippen molar-refractivity contribution in [1.82, 2.24) is 16.0 Å². The molecule has 0 fully saturated rings. The van der Waals surface area contributed by atoms with Gasteiger partial charge in [-0.3, -0.25) is 4.99 Å². The minimum absolute atomic E-state index is 0. The van der Waals surface area contributed by atoms with Gasteiger partial charge in [-0.2, -0.15) is 0 Å². The van der Waals surface area contributed by atoms with Crippen molar-refractivity contribution >= 4 is 41.5 Å². The third-order valence-corrected chi connectivity index (χ3v) is 3.27. The van der Waals surface area contributed by atoms with E-state index in [9.17, 15) is 0 Å². The van der Waals surface area contributed by atoms with E-state index < -0.39 is 0 Å². The van der Waals surface area contributed by atoms with Crippen LogP contribution in [-0.4, -0.2) is 31.6 Å². The van der Waals surface area contributed by atoms with Gasteiger partial charge in [0.05, 0.1) is 6.04 Å². The second-order valence-electron chi connectivity index (χ2n) is 6.09. The van der Waals surface area contributed by atoms with Gasteiger partial charge in [0.25, 0.3) is 0 Å². The van der Waals surface area contributed by atoms with E-state index in [-0.39, 0.29) is 35.6 Å². The van der Waals surface area contributed by atoms with Crippen LogP contribution in [0.3, 0.4) is 0 Å². The maximum Gasteiger partial charge on any atom is 0.191 e. The first-order valence-electron chi connectivity index (χ1n) is 7.29. The van der Waals surface area contributed by atoms with E-state index in [1.54, 1.807) is 7.05 Å². The van der Waals surface area contributed by atoms with E-state index in [0.29, 0.717) is 0 Å². The number of benzene rings is 1. The van der Waals surface area contributed by atoms with Gasteiger partial charge >= 0.3 is 0 Å². The molecule has 0 amide bonds. The quantitative estimate of drug-likeness (QED) is 0.285. The smallest absolute Gasteiger partial charge is 0.191 e. The zero-order chi connectivity index (χ0) is 15.9. The Hall–Kier alpha value is -0.530. The molecule has 3 N–H and O–H groups in total. The van der Waals surface area contributed by atoms with Crippen LogP contribution in [0.2, 0.25) is 5.02 Å². The second-order valence-corrected chi connectivity index (χ2v) is 6.53. The van der Waals surface area contributed by atoms with E-state index >= 15 is 0 Å². The summed E-state index contributed by atoms with van der Waals surface area (Å²) in [6.07, 6.45) is 0. The fourth-order valence-electron chi connectivity index (χ4n) is 1.85. The van der Waals surface area contributed by atoms with E-state index in [2.05, 4.69) is 48.6 Å². The second kappa shape index (κ2) is 10.3. The van der Waals surface area contributed by atoms with E-state index in [1.807, 2.05) is 24.3 Å². The molecule has 0 aliphatic heterocycles. The van der Waals surface area contributed by atoms with Crippen LogP contribution in [0, 0.1) is 0 Å². The molecule has 1 atom stereocenters. The Morgan fingerprint density at radius 3 is 2.27 bits per heavy atom. The van der Waals surface area contributed by atoms with Crippen molar-refractivity contribution in [2.75, 3.05) is 20.1 Å². The van der Waals surface area contributed by atoms with E-state index in [4.69, 9.17) is 11.6 Å². The van der Waals surface area contributed by atoms with Crippen LogP contribution in [0.4, 0.5) is 0 Å². The molecule has 0 bridgehead atoms. The van der Waals surface area contributed by atoms with Gasteiger partial charge in [0.15, 0.2) is 5.96 Å². The van der Waals surface area contributed by atoms with Crippen LogP contribution in [-0.2, 0) is 0 Å². The highest BCUT2D eigenvalue weighted by Gasteiger charge is 2.09. The Balaban J connectivity index is 0.00000441. The normalized spacial score (nSPS) is 13.3. The molecule has 0 aliphatic rings. The van der Waals surface area contributed by atoms with Gasteiger partial charge in [0, 0.05) is 30.7 Å². The Morgan fingerprint density at radius 1 is 1.18 bits per heavy atom. The zero-order valence-electron chi connectivity index (χ0n) is 14.0. The van der Waals surface area contributed by atoms with Crippen molar-refractivity contribution in [3.05, 3.63) is 34.9 Å². The lowest BCUT2D eigenvalue weighted by molar-refractivity contribution is 0.428. The number of guanidine groups is 1. The lowest BCUT2D eigenvalue weighted by Crippen LogP contribution is -2.45. The Morgan fingerprint density at radius 2 is 1.77 bits per heavy atom. The van der Waals surface area contributed by atoms with Crippen LogP contribution in [0.5, 0.6) is 0 Å². The highest BCUT2D eigenvalue weighted by Crippen LogP contribution is 2.15. The van der Waals surface area contributed by atoms with Crippen molar-refractivity contribution in [2.45, 2.75) is 39.3 Å². The van der Waals surface area contributed by atoms with E-state index in [1.165, 1.54) is 5.56 Å². The fourth-order valence-corrected chi connectivity index (χ4v) is 1.98. The first kappa shape index (κ1) is 21.5. The lowest BCUT2D eigenvalue weighted by Gasteiger charge is -2.22. The molecule has 1 rings (SSSR count). The van der Waals surface area contributed by atoms with Crippen molar-refractivity contribution in [2.24, 2.45) is 4.99 Å². The van der Waals surface area contributed by atoms with Crippen LogP contribution in [0.25, 0.3) is 0 Å². The van der Waals surface area contributed by atoms with Gasteiger partial charge in [-0.05, 0) is 45.4 Å². The predicted octanol–water partition coefficient (Wildman–Crippen LogP) is 3.57. The van der Waals surface area contributed by atoms with E-state index in [0.717, 1.165) is 24.1 Å². The summed E-state index contributed by atoms with van der Waals surface area (Å²) in [7, 11) is 1.78. The molecule has 22 heavy (non-hydrogen) atoms. The van der Waals surface area contributed by atoms with Crippen LogP contribution >= 0.6 is 35.6 Å². The molecule has 0 saturated carbocycles. The zero-order valence-corrected chi connectivity index (χ0v) is 17.1.